The molecule has 0 spiro atoms. The average molecular weight is 366 g/mol. The van der Waals surface area contributed by atoms with Crippen LogP contribution in [0.5, 0.6) is 0 Å². The van der Waals surface area contributed by atoms with E-state index in [1.54, 1.807) is 0 Å². The first-order chi connectivity index (χ1) is 6.81. The molecule has 0 aromatic heterocycles. The smallest absolute Gasteiger partial charge is 0.548 e. The molecule has 0 atom stereocenters. The molecule has 0 unspecified atom stereocenters. The number of carboxylic acids is 3. The predicted octanol–water partition coefficient (Wildman–Crippen LogP) is -6.81. The van der Waals surface area contributed by atoms with Crippen molar-refractivity contribution < 1.29 is 86.3 Å². The van der Waals surface area contributed by atoms with Gasteiger partial charge < -0.3 is 45.0 Å². The Hall–Kier alpha value is -0.346. The summed E-state index contributed by atoms with van der Waals surface area (Å²) in [5.74, 6) is -4.32. The van der Waals surface area contributed by atoms with Crippen LogP contribution < -0.4 is 15.3 Å². The Labute approximate surface area is 123 Å². The van der Waals surface area contributed by atoms with Gasteiger partial charge in [0.25, 0.3) is 0 Å². The molecule has 0 aromatic rings. The third-order valence-electron chi connectivity index (χ3n) is 0.387. The van der Waals surface area contributed by atoms with Crippen LogP contribution in [0.4, 0.5) is 0 Å². The predicted molar refractivity (Wildman–Crippen MR) is 36.3 cm³/mol. The van der Waals surface area contributed by atoms with Gasteiger partial charge in [0.2, 0.25) is 0 Å². The first kappa shape index (κ1) is 24.8. The molecule has 0 bridgehead atoms. The fourth-order valence-electron chi connectivity index (χ4n) is 0. The molecule has 10 heteroatoms. The van der Waals surface area contributed by atoms with E-state index in [1.165, 1.54) is 0 Å². The number of carbonyl (C=O) groups excluding carboxylic acids is 3. The summed E-state index contributed by atoms with van der Waals surface area (Å²) in [4.78, 5) is 27.0. The van der Waals surface area contributed by atoms with Gasteiger partial charge in [-0.2, -0.15) is 0 Å². The number of carboxylic acid groups (broad SMARTS) is 3. The summed E-state index contributed by atoms with van der Waals surface area (Å²) in [6.45, 7) is -2.67. The average Bonchev–Trinajstić information content (AvgIpc) is 2.19. The van der Waals surface area contributed by atoms with Crippen molar-refractivity contribution in [3.8, 4) is 0 Å². The van der Waals surface area contributed by atoms with Crippen LogP contribution >= 0.6 is 0 Å². The van der Waals surface area contributed by atoms with E-state index in [0.717, 1.165) is 0 Å². The quantitative estimate of drug-likeness (QED) is 0.437. The minimum atomic E-state index is -1.44. The largest absolute Gasteiger partial charge is 3.00 e. The van der Waals surface area contributed by atoms with Crippen LogP contribution in [0.3, 0.4) is 0 Å². The molecule has 0 saturated carbocycles. The molecule has 3 N–H and O–H groups in total. The summed E-state index contributed by atoms with van der Waals surface area (Å²) in [6.07, 6.45) is 0. The van der Waals surface area contributed by atoms with Crippen molar-refractivity contribution in [3.05, 3.63) is 0 Å². The molecule has 0 radical (unpaired) electrons. The van der Waals surface area contributed by atoms with E-state index in [9.17, 15) is 0 Å². The zero-order chi connectivity index (χ0) is 12.9. The van der Waals surface area contributed by atoms with Crippen molar-refractivity contribution in [2.24, 2.45) is 0 Å². The van der Waals surface area contributed by atoms with Gasteiger partial charge in [-0.3, -0.25) is 0 Å². The number of aliphatic hydroxyl groups excluding tert-OH is 3. The maximum atomic E-state index is 9.01. The van der Waals surface area contributed by atoms with Gasteiger partial charge in [0.05, 0.1) is 37.7 Å². The zero-order valence-corrected chi connectivity index (χ0v) is 11.7. The van der Waals surface area contributed by atoms with Crippen LogP contribution in [-0.4, -0.2) is 53.0 Å². The fraction of sp³-hybridized carbons (Fsp3) is 0.500. The van der Waals surface area contributed by atoms with E-state index in [1.807, 2.05) is 0 Å². The Morgan fingerprint density at radius 2 is 0.750 bits per heavy atom. The number of hydrogen-bond acceptors (Lipinski definition) is 9. The first-order valence-electron chi connectivity index (χ1n) is 3.23. The normalized spacial score (nSPS) is 6.94. The summed E-state index contributed by atoms with van der Waals surface area (Å²) in [5.41, 5.74) is 0. The second-order valence-electron chi connectivity index (χ2n) is 1.59. The van der Waals surface area contributed by atoms with E-state index in [2.05, 4.69) is 0 Å². The van der Waals surface area contributed by atoms with E-state index in [0.29, 0.717) is 0 Å². The molecule has 0 amide bonds. The van der Waals surface area contributed by atoms with Crippen LogP contribution in [0.2, 0.25) is 0 Å². The number of rotatable bonds is 3. The standard InChI is InChI=1S/3C2H4O3.Pr/c3*3-1-2(4)5;/h3*3H,1H2,(H,4,5);/q;;;+3/p-3. The maximum absolute atomic E-state index is 9.01. The van der Waals surface area contributed by atoms with Crippen molar-refractivity contribution in [3.63, 3.8) is 0 Å². The SMILES string of the molecule is O=C([O-])CO.O=C([O-])CO.O=C([O-])CO.[Pr+3]. The molecule has 0 aromatic carbocycles. The van der Waals surface area contributed by atoms with Crippen molar-refractivity contribution in [2.75, 3.05) is 19.8 Å². The van der Waals surface area contributed by atoms with Gasteiger partial charge in [-0.25, -0.2) is 0 Å². The monoisotopic (exact) mass is 366 g/mol. The summed E-state index contributed by atoms with van der Waals surface area (Å²) in [6, 6.07) is 0. The topological polar surface area (TPSA) is 181 Å². The number of aliphatic hydroxyl groups is 3. The molecule has 0 heterocycles. The van der Waals surface area contributed by atoms with Crippen molar-refractivity contribution in [2.45, 2.75) is 0 Å². The van der Waals surface area contributed by atoms with Crippen LogP contribution in [-0.2, 0) is 14.4 Å². The molecule has 0 fully saturated rings. The van der Waals surface area contributed by atoms with E-state index < -0.39 is 37.7 Å². The summed E-state index contributed by atoms with van der Waals surface area (Å²) < 4.78 is 0. The fourth-order valence-corrected chi connectivity index (χ4v) is 0. The van der Waals surface area contributed by atoms with Gasteiger partial charge in [0, 0.05) is 0 Å². The summed E-state index contributed by atoms with van der Waals surface area (Å²) in [7, 11) is 0. The van der Waals surface area contributed by atoms with Crippen LogP contribution in [0.15, 0.2) is 0 Å². The van der Waals surface area contributed by atoms with Crippen molar-refractivity contribution >= 4 is 17.9 Å². The van der Waals surface area contributed by atoms with Gasteiger partial charge in [-0.15, -0.1) is 0 Å². The van der Waals surface area contributed by atoms with Gasteiger partial charge in [-0.1, -0.05) is 0 Å². The van der Waals surface area contributed by atoms with Crippen molar-refractivity contribution in [1.82, 2.24) is 0 Å². The van der Waals surface area contributed by atoms with E-state index in [4.69, 9.17) is 45.0 Å². The summed E-state index contributed by atoms with van der Waals surface area (Å²) >= 11 is 0. The minimum absolute atomic E-state index is 0. The van der Waals surface area contributed by atoms with Crippen molar-refractivity contribution in [1.29, 1.82) is 0 Å². The molecule has 90 valence electrons. The Balaban J connectivity index is -0.0000000655. The second kappa shape index (κ2) is 20.1. The van der Waals surface area contributed by atoms with Crippen LogP contribution in [0.1, 0.15) is 0 Å². The van der Waals surface area contributed by atoms with Gasteiger partial charge in [0.15, 0.2) is 0 Å². The molecule has 0 aliphatic rings. The van der Waals surface area contributed by atoms with E-state index in [-0.39, 0.29) is 41.3 Å². The molecular formula is C6H9O9Pr. The first-order valence-corrected chi connectivity index (χ1v) is 3.23. The minimum Gasteiger partial charge on any atom is -0.548 e. The number of hydrogen-bond donors (Lipinski definition) is 3. The molecule has 9 nitrogen and oxygen atoms in total. The molecule has 0 rings (SSSR count). The maximum Gasteiger partial charge on any atom is 3.00 e. The Bertz CT molecular complexity index is 159. The molecule has 0 saturated heterocycles. The second-order valence-corrected chi connectivity index (χ2v) is 1.59. The Morgan fingerprint density at radius 3 is 0.750 bits per heavy atom. The zero-order valence-electron chi connectivity index (χ0n) is 7.99. The number of aliphatic carboxylic acids is 3. The molecule has 0 aliphatic carbocycles. The Kier molecular flexibility index (Phi) is 31.1. The van der Waals surface area contributed by atoms with Crippen LogP contribution in [0.25, 0.3) is 0 Å². The van der Waals surface area contributed by atoms with Crippen LogP contribution in [0, 0.1) is 41.3 Å². The Morgan fingerprint density at radius 1 is 0.688 bits per heavy atom. The van der Waals surface area contributed by atoms with Gasteiger partial charge in [0.1, 0.15) is 0 Å². The van der Waals surface area contributed by atoms with Gasteiger partial charge in [-0.05, 0) is 0 Å². The van der Waals surface area contributed by atoms with Gasteiger partial charge >= 0.3 is 41.3 Å². The third-order valence-corrected chi connectivity index (χ3v) is 0.387. The third kappa shape index (κ3) is 68.4. The van der Waals surface area contributed by atoms with E-state index >= 15 is 0 Å². The summed E-state index contributed by atoms with van der Waals surface area (Å²) in [5, 5.41) is 49.5. The number of carbonyl (C=O) groups is 3. The molecule has 16 heavy (non-hydrogen) atoms. The molecular weight excluding hydrogens is 357 g/mol. The molecule has 0 aliphatic heterocycles.